The predicted octanol–water partition coefficient (Wildman–Crippen LogP) is 1.19. The Kier molecular flexibility index (Phi) is 3.10. The molecule has 0 bridgehead atoms. The zero-order valence-electron chi connectivity index (χ0n) is 8.74. The maximum atomic E-state index is 10.2. The van der Waals surface area contributed by atoms with Gasteiger partial charge in [0.2, 0.25) is 0 Å². The summed E-state index contributed by atoms with van der Waals surface area (Å²) >= 11 is 0. The minimum absolute atomic E-state index is 0.212. The van der Waals surface area contributed by atoms with E-state index in [0.717, 1.165) is 38.7 Å². The highest BCUT2D eigenvalue weighted by molar-refractivity contribution is 4.91. The molecular formula is C11H21NO2. The van der Waals surface area contributed by atoms with E-state index in [4.69, 9.17) is 10.5 Å². The van der Waals surface area contributed by atoms with E-state index >= 15 is 0 Å². The monoisotopic (exact) mass is 199 g/mol. The standard InChI is InChI=1S/C11H21NO2/c12-9-3-5-11(13,8-9)6-4-10-2-1-7-14-10/h9-10,13H,1-8,12H2. The number of nitrogens with two attached hydrogens (primary N) is 1. The molecule has 0 spiro atoms. The highest BCUT2D eigenvalue weighted by Gasteiger charge is 2.36. The van der Waals surface area contributed by atoms with Crippen LogP contribution in [-0.2, 0) is 4.74 Å². The van der Waals surface area contributed by atoms with Gasteiger partial charge < -0.3 is 15.6 Å². The van der Waals surface area contributed by atoms with Gasteiger partial charge in [-0.15, -0.1) is 0 Å². The molecule has 1 aliphatic carbocycles. The van der Waals surface area contributed by atoms with Crippen molar-refractivity contribution >= 4 is 0 Å². The quantitative estimate of drug-likeness (QED) is 0.718. The molecule has 0 aromatic rings. The summed E-state index contributed by atoms with van der Waals surface area (Å²) < 4.78 is 5.54. The van der Waals surface area contributed by atoms with E-state index in [9.17, 15) is 5.11 Å². The Balaban J connectivity index is 1.73. The van der Waals surface area contributed by atoms with Crippen molar-refractivity contribution < 1.29 is 9.84 Å². The van der Waals surface area contributed by atoms with Crippen molar-refractivity contribution in [3.8, 4) is 0 Å². The van der Waals surface area contributed by atoms with Crippen LogP contribution in [0, 0.1) is 0 Å². The first-order chi connectivity index (χ1) is 6.68. The molecule has 0 radical (unpaired) electrons. The van der Waals surface area contributed by atoms with Crippen molar-refractivity contribution in [2.45, 2.75) is 62.7 Å². The first-order valence-electron chi connectivity index (χ1n) is 5.77. The average Bonchev–Trinajstić information content (AvgIpc) is 2.73. The third kappa shape index (κ3) is 2.47. The topological polar surface area (TPSA) is 55.5 Å². The maximum absolute atomic E-state index is 10.2. The van der Waals surface area contributed by atoms with Crippen molar-refractivity contribution in [3.63, 3.8) is 0 Å². The number of aliphatic hydroxyl groups is 1. The van der Waals surface area contributed by atoms with Gasteiger partial charge in [0.05, 0.1) is 11.7 Å². The lowest BCUT2D eigenvalue weighted by molar-refractivity contribution is 0.0151. The summed E-state index contributed by atoms with van der Waals surface area (Å²) in [7, 11) is 0. The third-order valence-corrected chi connectivity index (χ3v) is 3.58. The van der Waals surface area contributed by atoms with Gasteiger partial charge in [0, 0.05) is 12.6 Å². The Morgan fingerprint density at radius 2 is 2.29 bits per heavy atom. The molecule has 0 amide bonds. The molecule has 2 rings (SSSR count). The maximum Gasteiger partial charge on any atom is 0.0664 e. The molecule has 1 saturated heterocycles. The van der Waals surface area contributed by atoms with Crippen LogP contribution >= 0.6 is 0 Å². The zero-order chi connectivity index (χ0) is 10.0. The van der Waals surface area contributed by atoms with E-state index in [1.807, 2.05) is 0 Å². The molecule has 2 aliphatic rings. The van der Waals surface area contributed by atoms with Crippen molar-refractivity contribution in [1.82, 2.24) is 0 Å². The predicted molar refractivity (Wildman–Crippen MR) is 55.0 cm³/mol. The van der Waals surface area contributed by atoms with E-state index < -0.39 is 5.60 Å². The van der Waals surface area contributed by atoms with Gasteiger partial charge >= 0.3 is 0 Å². The van der Waals surface area contributed by atoms with Crippen molar-refractivity contribution in [1.29, 1.82) is 0 Å². The minimum Gasteiger partial charge on any atom is -0.390 e. The smallest absolute Gasteiger partial charge is 0.0664 e. The summed E-state index contributed by atoms with van der Waals surface area (Å²) in [4.78, 5) is 0. The van der Waals surface area contributed by atoms with Crippen LogP contribution in [0.5, 0.6) is 0 Å². The van der Waals surface area contributed by atoms with E-state index in [1.165, 1.54) is 12.8 Å². The van der Waals surface area contributed by atoms with Crippen LogP contribution in [0.15, 0.2) is 0 Å². The molecule has 0 aromatic heterocycles. The zero-order valence-corrected chi connectivity index (χ0v) is 8.74. The lowest BCUT2D eigenvalue weighted by atomic mass is 9.93. The molecular weight excluding hydrogens is 178 g/mol. The largest absolute Gasteiger partial charge is 0.390 e. The van der Waals surface area contributed by atoms with Gasteiger partial charge in [-0.3, -0.25) is 0 Å². The van der Waals surface area contributed by atoms with Gasteiger partial charge in [-0.2, -0.15) is 0 Å². The van der Waals surface area contributed by atoms with Crippen LogP contribution in [0.3, 0.4) is 0 Å². The Morgan fingerprint density at radius 3 is 2.86 bits per heavy atom. The number of hydrogen-bond donors (Lipinski definition) is 2. The van der Waals surface area contributed by atoms with Gasteiger partial charge in [0.25, 0.3) is 0 Å². The van der Waals surface area contributed by atoms with E-state index in [1.54, 1.807) is 0 Å². The second kappa shape index (κ2) is 4.17. The van der Waals surface area contributed by atoms with Crippen molar-refractivity contribution in [2.75, 3.05) is 6.61 Å². The molecule has 82 valence electrons. The first-order valence-corrected chi connectivity index (χ1v) is 5.77. The SMILES string of the molecule is NC1CCC(O)(CCC2CCCO2)C1. The van der Waals surface area contributed by atoms with Crippen molar-refractivity contribution in [3.05, 3.63) is 0 Å². The average molecular weight is 199 g/mol. The van der Waals surface area contributed by atoms with Gasteiger partial charge in [-0.05, 0) is 44.9 Å². The summed E-state index contributed by atoms with van der Waals surface area (Å²) in [6.45, 7) is 0.905. The van der Waals surface area contributed by atoms with E-state index in [0.29, 0.717) is 6.10 Å². The first kappa shape index (κ1) is 10.4. The molecule has 1 saturated carbocycles. The normalized spacial score (nSPS) is 43.3. The van der Waals surface area contributed by atoms with Crippen LogP contribution in [0.2, 0.25) is 0 Å². The molecule has 0 aromatic carbocycles. The Bertz CT molecular complexity index is 192. The van der Waals surface area contributed by atoms with Crippen LogP contribution in [0.25, 0.3) is 0 Å². The summed E-state index contributed by atoms with van der Waals surface area (Å²) in [5, 5.41) is 10.2. The third-order valence-electron chi connectivity index (χ3n) is 3.58. The summed E-state index contributed by atoms with van der Waals surface area (Å²) in [6, 6.07) is 0.212. The van der Waals surface area contributed by atoms with Gasteiger partial charge in [0.1, 0.15) is 0 Å². The highest BCUT2D eigenvalue weighted by Crippen LogP contribution is 2.34. The number of ether oxygens (including phenoxy) is 1. The number of hydrogen-bond acceptors (Lipinski definition) is 3. The molecule has 1 aliphatic heterocycles. The Hall–Kier alpha value is -0.120. The number of rotatable bonds is 3. The Morgan fingerprint density at radius 1 is 1.43 bits per heavy atom. The van der Waals surface area contributed by atoms with E-state index in [-0.39, 0.29) is 6.04 Å². The molecule has 1 heterocycles. The van der Waals surface area contributed by atoms with Crippen LogP contribution in [0.4, 0.5) is 0 Å². The van der Waals surface area contributed by atoms with Gasteiger partial charge in [0.15, 0.2) is 0 Å². The van der Waals surface area contributed by atoms with Gasteiger partial charge in [-0.25, -0.2) is 0 Å². The molecule has 2 fully saturated rings. The second-order valence-corrected chi connectivity index (χ2v) is 4.90. The molecule has 3 atom stereocenters. The molecule has 3 N–H and O–H groups in total. The summed E-state index contributed by atoms with van der Waals surface area (Å²) in [6.07, 6.45) is 7.25. The molecule has 3 unspecified atom stereocenters. The molecule has 14 heavy (non-hydrogen) atoms. The summed E-state index contributed by atoms with van der Waals surface area (Å²) in [5.41, 5.74) is 5.32. The highest BCUT2D eigenvalue weighted by atomic mass is 16.5. The molecule has 3 heteroatoms. The lowest BCUT2D eigenvalue weighted by Gasteiger charge is -2.23. The van der Waals surface area contributed by atoms with Gasteiger partial charge in [-0.1, -0.05) is 0 Å². The van der Waals surface area contributed by atoms with Crippen molar-refractivity contribution in [2.24, 2.45) is 5.73 Å². The fraction of sp³-hybridized carbons (Fsp3) is 1.00. The fourth-order valence-corrected chi connectivity index (χ4v) is 2.67. The second-order valence-electron chi connectivity index (χ2n) is 4.90. The van der Waals surface area contributed by atoms with Crippen LogP contribution < -0.4 is 5.73 Å². The lowest BCUT2D eigenvalue weighted by Crippen LogP contribution is -2.29. The Labute approximate surface area is 85.6 Å². The summed E-state index contributed by atoms with van der Waals surface area (Å²) in [5.74, 6) is 0. The minimum atomic E-state index is -0.481. The molecule has 3 nitrogen and oxygen atoms in total. The van der Waals surface area contributed by atoms with Crippen LogP contribution in [-0.4, -0.2) is 29.5 Å². The van der Waals surface area contributed by atoms with Crippen LogP contribution in [0.1, 0.15) is 44.9 Å². The van der Waals surface area contributed by atoms with E-state index in [2.05, 4.69) is 0 Å². The fourth-order valence-electron chi connectivity index (χ4n) is 2.67.